The lowest BCUT2D eigenvalue weighted by Gasteiger charge is -2.24. The highest BCUT2D eigenvalue weighted by Crippen LogP contribution is 2.03. The minimum absolute atomic E-state index is 0.0564. The van der Waals surface area contributed by atoms with Gasteiger partial charge in [-0.15, -0.1) is 0 Å². The van der Waals surface area contributed by atoms with Crippen molar-refractivity contribution in [1.29, 1.82) is 5.26 Å². The molecule has 0 aliphatic heterocycles. The highest BCUT2D eigenvalue weighted by Gasteiger charge is 2.12. The van der Waals surface area contributed by atoms with Gasteiger partial charge in [-0.2, -0.15) is 5.26 Å². The third kappa shape index (κ3) is 7.35. The van der Waals surface area contributed by atoms with Gasteiger partial charge in [0.2, 0.25) is 0 Å². The topological polar surface area (TPSA) is 39.1 Å². The fourth-order valence-electron chi connectivity index (χ4n) is 1.58. The zero-order chi connectivity index (χ0) is 11.8. The number of rotatable bonds is 7. The van der Waals surface area contributed by atoms with Gasteiger partial charge in [-0.25, -0.2) is 0 Å². The summed E-state index contributed by atoms with van der Waals surface area (Å²) >= 11 is 0. The van der Waals surface area contributed by atoms with Crippen molar-refractivity contribution in [2.75, 3.05) is 20.1 Å². The van der Waals surface area contributed by atoms with E-state index in [1.54, 1.807) is 0 Å². The summed E-state index contributed by atoms with van der Waals surface area (Å²) in [4.78, 5) is 2.23. The third-order valence-electron chi connectivity index (χ3n) is 2.50. The van der Waals surface area contributed by atoms with Crippen LogP contribution in [0.1, 0.15) is 34.1 Å². The Balaban J connectivity index is 3.91. The molecule has 0 radical (unpaired) electrons. The number of likely N-dealkylation sites (N-methyl/N-ethyl adjacent to an activating group) is 1. The van der Waals surface area contributed by atoms with Crippen molar-refractivity contribution in [1.82, 2.24) is 10.2 Å². The highest BCUT2D eigenvalue weighted by atomic mass is 15.1. The highest BCUT2D eigenvalue weighted by molar-refractivity contribution is 4.92. The van der Waals surface area contributed by atoms with Gasteiger partial charge in [0.15, 0.2) is 0 Å². The van der Waals surface area contributed by atoms with Crippen LogP contribution in [0.25, 0.3) is 0 Å². The summed E-state index contributed by atoms with van der Waals surface area (Å²) in [5.74, 6) is 0.702. The van der Waals surface area contributed by atoms with E-state index in [1.165, 1.54) is 6.42 Å². The number of nitrogens with one attached hydrogen (secondary N) is 1. The molecule has 0 heterocycles. The monoisotopic (exact) mass is 211 g/mol. The molecule has 0 aromatic heterocycles. The summed E-state index contributed by atoms with van der Waals surface area (Å²) in [5.41, 5.74) is 0. The summed E-state index contributed by atoms with van der Waals surface area (Å²) < 4.78 is 0. The summed E-state index contributed by atoms with van der Waals surface area (Å²) in [5, 5.41) is 12.2. The fraction of sp³-hybridized carbons (Fsp3) is 0.917. The quantitative estimate of drug-likeness (QED) is 0.698. The van der Waals surface area contributed by atoms with Crippen molar-refractivity contribution in [2.45, 2.75) is 46.2 Å². The Hall–Kier alpha value is -0.590. The van der Waals surface area contributed by atoms with Crippen molar-refractivity contribution in [3.05, 3.63) is 0 Å². The van der Waals surface area contributed by atoms with Crippen LogP contribution >= 0.6 is 0 Å². The van der Waals surface area contributed by atoms with Gasteiger partial charge in [0.05, 0.1) is 6.07 Å². The van der Waals surface area contributed by atoms with Gasteiger partial charge in [0.25, 0.3) is 0 Å². The Morgan fingerprint density at radius 1 is 1.27 bits per heavy atom. The second kappa shape index (κ2) is 7.67. The average Bonchev–Trinajstić information content (AvgIpc) is 2.15. The zero-order valence-electron chi connectivity index (χ0n) is 10.7. The normalized spacial score (nSPS) is 15.3. The Morgan fingerprint density at radius 3 is 2.27 bits per heavy atom. The van der Waals surface area contributed by atoms with E-state index < -0.39 is 0 Å². The lowest BCUT2D eigenvalue weighted by molar-refractivity contribution is 0.263. The lowest BCUT2D eigenvalue weighted by Crippen LogP contribution is -2.42. The van der Waals surface area contributed by atoms with Crippen molar-refractivity contribution < 1.29 is 0 Å². The minimum Gasteiger partial charge on any atom is -0.303 e. The van der Waals surface area contributed by atoms with Gasteiger partial charge < -0.3 is 4.90 Å². The number of hydrogen-bond donors (Lipinski definition) is 1. The van der Waals surface area contributed by atoms with Crippen LogP contribution in [0.5, 0.6) is 0 Å². The third-order valence-corrected chi connectivity index (χ3v) is 2.50. The molecule has 1 N–H and O–H groups in total. The molecule has 0 amide bonds. The minimum atomic E-state index is -0.0564. The first kappa shape index (κ1) is 14.4. The Morgan fingerprint density at radius 2 is 1.87 bits per heavy atom. The van der Waals surface area contributed by atoms with Gasteiger partial charge in [-0.05, 0) is 26.8 Å². The maximum absolute atomic E-state index is 8.98. The maximum atomic E-state index is 8.98. The van der Waals surface area contributed by atoms with E-state index in [9.17, 15) is 0 Å². The van der Waals surface area contributed by atoms with E-state index in [0.717, 1.165) is 13.1 Å². The molecule has 88 valence electrons. The van der Waals surface area contributed by atoms with Crippen LogP contribution in [0.2, 0.25) is 0 Å². The summed E-state index contributed by atoms with van der Waals surface area (Å²) in [6.45, 7) is 10.5. The zero-order valence-corrected chi connectivity index (χ0v) is 10.7. The van der Waals surface area contributed by atoms with Gasteiger partial charge in [-0.1, -0.05) is 20.3 Å². The van der Waals surface area contributed by atoms with Crippen molar-refractivity contribution >= 4 is 0 Å². The Bertz CT molecular complexity index is 196. The molecule has 0 spiro atoms. The molecule has 0 rings (SSSR count). The Labute approximate surface area is 94.5 Å². The molecule has 0 aliphatic carbocycles. The molecule has 0 fully saturated rings. The number of nitriles is 1. The van der Waals surface area contributed by atoms with Crippen molar-refractivity contribution in [2.24, 2.45) is 5.92 Å². The molecule has 0 bridgehead atoms. The van der Waals surface area contributed by atoms with Crippen LogP contribution in [0, 0.1) is 17.2 Å². The molecule has 0 aliphatic rings. The first-order valence-corrected chi connectivity index (χ1v) is 5.83. The second-order valence-electron chi connectivity index (χ2n) is 4.74. The van der Waals surface area contributed by atoms with Gasteiger partial charge in [0, 0.05) is 19.1 Å². The molecule has 3 heteroatoms. The lowest BCUT2D eigenvalue weighted by atomic mass is 10.1. The standard InChI is InChI=1S/C12H25N3/c1-6-11(4)8-15(5)9-12(7-13)14-10(2)3/h10-12,14H,6,8-9H2,1-5H3. The smallest absolute Gasteiger partial charge is 0.108 e. The first-order valence-electron chi connectivity index (χ1n) is 5.83. The van der Waals surface area contributed by atoms with Crippen LogP contribution in [0.3, 0.4) is 0 Å². The summed E-state index contributed by atoms with van der Waals surface area (Å²) in [7, 11) is 2.08. The van der Waals surface area contributed by atoms with E-state index in [4.69, 9.17) is 5.26 Å². The number of hydrogen-bond acceptors (Lipinski definition) is 3. The van der Waals surface area contributed by atoms with E-state index in [0.29, 0.717) is 12.0 Å². The summed E-state index contributed by atoms with van der Waals surface area (Å²) in [6, 6.07) is 2.61. The first-order chi connectivity index (χ1) is 6.99. The molecule has 2 atom stereocenters. The molecular formula is C12H25N3. The largest absolute Gasteiger partial charge is 0.303 e. The molecule has 0 saturated heterocycles. The molecule has 0 aromatic rings. The van der Waals surface area contributed by atoms with Crippen LogP contribution in [0.15, 0.2) is 0 Å². The molecular weight excluding hydrogens is 186 g/mol. The van der Waals surface area contributed by atoms with E-state index in [2.05, 4.69) is 51.0 Å². The molecule has 0 saturated carbocycles. The second-order valence-corrected chi connectivity index (χ2v) is 4.74. The van der Waals surface area contributed by atoms with Gasteiger partial charge >= 0.3 is 0 Å². The van der Waals surface area contributed by atoms with Gasteiger partial charge in [0.1, 0.15) is 6.04 Å². The van der Waals surface area contributed by atoms with Gasteiger partial charge in [-0.3, -0.25) is 5.32 Å². The van der Waals surface area contributed by atoms with E-state index in [1.807, 2.05) is 0 Å². The molecule has 0 aromatic carbocycles. The number of nitrogens with zero attached hydrogens (tertiary/aromatic N) is 2. The van der Waals surface area contributed by atoms with Crippen LogP contribution < -0.4 is 5.32 Å². The Kier molecular flexibility index (Phi) is 7.37. The summed E-state index contributed by atoms with van der Waals surface area (Å²) in [6.07, 6.45) is 1.19. The molecule has 3 nitrogen and oxygen atoms in total. The van der Waals surface area contributed by atoms with Crippen LogP contribution in [0.4, 0.5) is 0 Å². The SMILES string of the molecule is CCC(C)CN(C)CC(C#N)NC(C)C. The maximum Gasteiger partial charge on any atom is 0.108 e. The van der Waals surface area contributed by atoms with Crippen LogP contribution in [-0.2, 0) is 0 Å². The van der Waals surface area contributed by atoms with Crippen molar-refractivity contribution in [3.8, 4) is 6.07 Å². The average molecular weight is 211 g/mol. The molecule has 15 heavy (non-hydrogen) atoms. The predicted molar refractivity (Wildman–Crippen MR) is 64.6 cm³/mol. The molecule has 2 unspecified atom stereocenters. The van der Waals surface area contributed by atoms with Crippen LogP contribution in [-0.4, -0.2) is 37.1 Å². The van der Waals surface area contributed by atoms with E-state index in [-0.39, 0.29) is 6.04 Å². The fourth-order valence-corrected chi connectivity index (χ4v) is 1.58. The predicted octanol–water partition coefficient (Wildman–Crippen LogP) is 1.85. The van der Waals surface area contributed by atoms with E-state index >= 15 is 0 Å². The van der Waals surface area contributed by atoms with Crippen molar-refractivity contribution in [3.63, 3.8) is 0 Å².